The number of nitrogens with one attached hydrogen (secondary N) is 1. The van der Waals surface area contributed by atoms with Crippen LogP contribution in [0.15, 0.2) is 42.5 Å². The van der Waals surface area contributed by atoms with Gasteiger partial charge in [0.25, 0.3) is 0 Å². The Morgan fingerprint density at radius 2 is 1.70 bits per heavy atom. The lowest BCUT2D eigenvalue weighted by atomic mass is 10.1. The molecule has 7 heteroatoms. The summed E-state index contributed by atoms with van der Waals surface area (Å²) in [5.74, 6) is -0.0428. The van der Waals surface area contributed by atoms with Gasteiger partial charge in [0.05, 0.1) is 13.2 Å². The predicted molar refractivity (Wildman–Crippen MR) is 130 cm³/mol. The summed E-state index contributed by atoms with van der Waals surface area (Å²) in [5.41, 5.74) is 3.00. The van der Waals surface area contributed by atoms with E-state index in [4.69, 9.17) is 4.74 Å². The van der Waals surface area contributed by atoms with Gasteiger partial charge in [-0.05, 0) is 68.1 Å². The minimum absolute atomic E-state index is 0.0198. The standard InChI is InChI=1S/C26H35FN4O2/c1-20(26(32)28-22-7-9-23(10-8-22)31-12-4-3-5-13-31)30-16-14-29(15-17-30)19-21-6-11-25(33-2)24(27)18-21/h6-11,18,20H,3-5,12-17,19H2,1-2H3,(H,28,32). The Labute approximate surface area is 196 Å². The Kier molecular flexibility index (Phi) is 7.83. The van der Waals surface area contributed by atoms with E-state index in [9.17, 15) is 9.18 Å². The Morgan fingerprint density at radius 1 is 1.00 bits per heavy atom. The molecule has 1 atom stereocenters. The number of carbonyl (C=O) groups is 1. The first-order valence-corrected chi connectivity index (χ1v) is 12.0. The van der Waals surface area contributed by atoms with Gasteiger partial charge in [0.2, 0.25) is 5.91 Å². The molecule has 6 nitrogen and oxygen atoms in total. The molecule has 2 heterocycles. The number of hydrogen-bond donors (Lipinski definition) is 1. The number of nitrogens with zero attached hydrogens (tertiary/aromatic N) is 3. The van der Waals surface area contributed by atoms with Gasteiger partial charge in [0.15, 0.2) is 11.6 Å². The molecule has 2 aliphatic rings. The number of halogens is 1. The molecular formula is C26H35FN4O2. The summed E-state index contributed by atoms with van der Waals surface area (Å²) in [6, 6.07) is 13.1. The quantitative estimate of drug-likeness (QED) is 0.686. The van der Waals surface area contributed by atoms with E-state index < -0.39 is 0 Å². The van der Waals surface area contributed by atoms with Crippen molar-refractivity contribution in [1.29, 1.82) is 0 Å². The molecule has 0 aromatic heterocycles. The lowest BCUT2D eigenvalue weighted by molar-refractivity contribution is -0.121. The number of piperidine rings is 1. The molecule has 0 aliphatic carbocycles. The third-order valence-electron chi connectivity index (χ3n) is 6.81. The van der Waals surface area contributed by atoms with Gasteiger partial charge in [0, 0.05) is 57.2 Å². The number of methoxy groups -OCH3 is 1. The number of amides is 1. The van der Waals surface area contributed by atoms with Crippen LogP contribution in [-0.2, 0) is 11.3 Å². The maximum atomic E-state index is 14.0. The third kappa shape index (κ3) is 6.03. The van der Waals surface area contributed by atoms with Gasteiger partial charge in [-0.2, -0.15) is 0 Å². The number of piperazine rings is 1. The highest BCUT2D eigenvalue weighted by Gasteiger charge is 2.26. The number of carbonyl (C=O) groups excluding carboxylic acids is 1. The van der Waals surface area contributed by atoms with E-state index >= 15 is 0 Å². The van der Waals surface area contributed by atoms with E-state index in [0.29, 0.717) is 6.54 Å². The number of anilines is 2. The van der Waals surface area contributed by atoms with Crippen LogP contribution in [0, 0.1) is 5.82 Å². The zero-order valence-corrected chi connectivity index (χ0v) is 19.7. The zero-order chi connectivity index (χ0) is 23.2. The number of ether oxygens (including phenoxy) is 1. The second kappa shape index (κ2) is 11.0. The van der Waals surface area contributed by atoms with E-state index in [2.05, 4.69) is 32.1 Å². The first-order valence-electron chi connectivity index (χ1n) is 12.0. The van der Waals surface area contributed by atoms with Crippen LogP contribution in [0.25, 0.3) is 0 Å². The van der Waals surface area contributed by atoms with Crippen molar-refractivity contribution in [3.63, 3.8) is 0 Å². The van der Waals surface area contributed by atoms with Gasteiger partial charge in [-0.25, -0.2) is 4.39 Å². The van der Waals surface area contributed by atoms with E-state index in [-0.39, 0.29) is 23.5 Å². The monoisotopic (exact) mass is 454 g/mol. The number of hydrogen-bond acceptors (Lipinski definition) is 5. The average Bonchev–Trinajstić information content (AvgIpc) is 2.85. The maximum absolute atomic E-state index is 14.0. The summed E-state index contributed by atoms with van der Waals surface area (Å²) >= 11 is 0. The molecule has 1 N–H and O–H groups in total. The van der Waals surface area contributed by atoms with Crippen molar-refractivity contribution in [3.05, 3.63) is 53.8 Å². The van der Waals surface area contributed by atoms with Crippen molar-refractivity contribution in [2.45, 2.75) is 38.8 Å². The summed E-state index contributed by atoms with van der Waals surface area (Å²) in [6.07, 6.45) is 3.82. The molecule has 0 radical (unpaired) electrons. The lowest BCUT2D eigenvalue weighted by Gasteiger charge is -2.37. The van der Waals surface area contributed by atoms with Gasteiger partial charge in [-0.1, -0.05) is 6.07 Å². The second-order valence-corrected chi connectivity index (χ2v) is 9.04. The Hall–Kier alpha value is -2.64. The molecule has 1 amide bonds. The summed E-state index contributed by atoms with van der Waals surface area (Å²) in [4.78, 5) is 19.8. The Balaban J connectivity index is 1.24. The largest absolute Gasteiger partial charge is 0.494 e. The molecule has 2 aliphatic heterocycles. The topological polar surface area (TPSA) is 48.1 Å². The van der Waals surface area contributed by atoms with Crippen LogP contribution in [0.1, 0.15) is 31.7 Å². The fourth-order valence-corrected chi connectivity index (χ4v) is 4.70. The van der Waals surface area contributed by atoms with E-state index in [1.807, 2.05) is 25.1 Å². The summed E-state index contributed by atoms with van der Waals surface area (Å²) in [6.45, 7) is 8.18. The second-order valence-electron chi connectivity index (χ2n) is 9.04. The molecule has 4 rings (SSSR count). The van der Waals surface area contributed by atoms with Crippen molar-refractivity contribution in [2.24, 2.45) is 0 Å². The van der Waals surface area contributed by atoms with E-state index in [0.717, 1.165) is 50.5 Å². The van der Waals surface area contributed by atoms with Gasteiger partial charge >= 0.3 is 0 Å². The molecule has 2 fully saturated rings. The van der Waals surface area contributed by atoms with Gasteiger partial charge in [-0.15, -0.1) is 0 Å². The molecule has 1 unspecified atom stereocenters. The summed E-state index contributed by atoms with van der Waals surface area (Å²) in [5, 5.41) is 3.07. The highest BCUT2D eigenvalue weighted by molar-refractivity contribution is 5.94. The van der Waals surface area contributed by atoms with E-state index in [1.54, 1.807) is 6.07 Å². The first kappa shape index (κ1) is 23.5. The van der Waals surface area contributed by atoms with Crippen molar-refractivity contribution >= 4 is 17.3 Å². The molecule has 2 saturated heterocycles. The van der Waals surface area contributed by atoms with Gasteiger partial charge < -0.3 is 15.0 Å². The minimum atomic E-state index is -0.331. The van der Waals surface area contributed by atoms with Crippen LogP contribution in [0.3, 0.4) is 0 Å². The fraction of sp³-hybridized carbons (Fsp3) is 0.500. The number of rotatable bonds is 7. The van der Waals surface area contributed by atoms with Gasteiger partial charge in [-0.3, -0.25) is 14.6 Å². The maximum Gasteiger partial charge on any atom is 0.241 e. The minimum Gasteiger partial charge on any atom is -0.494 e. The smallest absolute Gasteiger partial charge is 0.241 e. The average molecular weight is 455 g/mol. The van der Waals surface area contributed by atoms with Crippen LogP contribution in [0.4, 0.5) is 15.8 Å². The van der Waals surface area contributed by atoms with Gasteiger partial charge in [0.1, 0.15) is 0 Å². The molecule has 2 aromatic carbocycles. The van der Waals surface area contributed by atoms with Crippen LogP contribution < -0.4 is 15.0 Å². The number of benzene rings is 2. The Morgan fingerprint density at radius 3 is 2.33 bits per heavy atom. The van der Waals surface area contributed by atoms with Crippen molar-refractivity contribution in [2.75, 3.05) is 56.6 Å². The first-order chi connectivity index (χ1) is 16.0. The van der Waals surface area contributed by atoms with Crippen molar-refractivity contribution in [1.82, 2.24) is 9.80 Å². The third-order valence-corrected chi connectivity index (χ3v) is 6.81. The summed E-state index contributed by atoms with van der Waals surface area (Å²) < 4.78 is 19.0. The SMILES string of the molecule is COc1ccc(CN2CCN(C(C)C(=O)Nc3ccc(N4CCCCC4)cc3)CC2)cc1F. The van der Waals surface area contributed by atoms with E-state index in [1.165, 1.54) is 38.1 Å². The molecular weight excluding hydrogens is 419 g/mol. The molecule has 0 spiro atoms. The van der Waals surface area contributed by atoms with Crippen LogP contribution in [0.2, 0.25) is 0 Å². The highest BCUT2D eigenvalue weighted by atomic mass is 19.1. The molecule has 33 heavy (non-hydrogen) atoms. The normalized spacial score (nSPS) is 18.7. The molecule has 2 aromatic rings. The fourth-order valence-electron chi connectivity index (χ4n) is 4.70. The Bertz CT molecular complexity index is 922. The zero-order valence-electron chi connectivity index (χ0n) is 19.7. The predicted octanol–water partition coefficient (Wildman–Crippen LogP) is 3.97. The van der Waals surface area contributed by atoms with Crippen LogP contribution >= 0.6 is 0 Å². The van der Waals surface area contributed by atoms with Crippen LogP contribution in [-0.4, -0.2) is 68.1 Å². The molecule has 0 saturated carbocycles. The summed E-state index contributed by atoms with van der Waals surface area (Å²) in [7, 11) is 1.47. The molecule has 0 bridgehead atoms. The van der Waals surface area contributed by atoms with Crippen LogP contribution in [0.5, 0.6) is 5.75 Å². The molecule has 178 valence electrons. The highest BCUT2D eigenvalue weighted by Crippen LogP contribution is 2.23. The lowest BCUT2D eigenvalue weighted by Crippen LogP contribution is -2.52. The van der Waals surface area contributed by atoms with Crippen molar-refractivity contribution in [3.8, 4) is 5.75 Å². The van der Waals surface area contributed by atoms with Crippen molar-refractivity contribution < 1.29 is 13.9 Å².